The van der Waals surface area contributed by atoms with Crippen molar-refractivity contribution in [2.75, 3.05) is 7.05 Å². The predicted octanol–water partition coefficient (Wildman–Crippen LogP) is 4.75. The van der Waals surface area contributed by atoms with Gasteiger partial charge in [0.25, 0.3) is 0 Å². The van der Waals surface area contributed by atoms with Crippen molar-refractivity contribution in [2.45, 2.75) is 18.9 Å². The van der Waals surface area contributed by atoms with E-state index in [0.717, 1.165) is 11.1 Å². The van der Waals surface area contributed by atoms with Crippen molar-refractivity contribution in [3.05, 3.63) is 68.7 Å². The molecular formula is C16H15BrClF2N. The Kier molecular flexibility index (Phi) is 5.73. The van der Waals surface area contributed by atoms with E-state index in [1.807, 2.05) is 13.1 Å². The highest BCUT2D eigenvalue weighted by Crippen LogP contribution is 2.24. The van der Waals surface area contributed by atoms with E-state index >= 15 is 0 Å². The first-order valence-corrected chi connectivity index (χ1v) is 7.72. The summed E-state index contributed by atoms with van der Waals surface area (Å²) in [5.41, 5.74) is 1.75. The monoisotopic (exact) mass is 373 g/mol. The lowest BCUT2D eigenvalue weighted by Crippen LogP contribution is -2.30. The van der Waals surface area contributed by atoms with E-state index in [4.69, 9.17) is 11.6 Å². The smallest absolute Gasteiger partial charge is 0.137 e. The van der Waals surface area contributed by atoms with Gasteiger partial charge in [0.1, 0.15) is 11.6 Å². The third kappa shape index (κ3) is 4.25. The summed E-state index contributed by atoms with van der Waals surface area (Å²) in [6.45, 7) is 0. The fourth-order valence-corrected chi connectivity index (χ4v) is 2.87. The summed E-state index contributed by atoms with van der Waals surface area (Å²) >= 11 is 9.32. The molecule has 0 heterocycles. The molecule has 0 amide bonds. The maximum atomic E-state index is 13.5. The molecule has 112 valence electrons. The molecule has 0 aliphatic rings. The van der Waals surface area contributed by atoms with Gasteiger partial charge in [0.05, 0.1) is 4.47 Å². The number of likely N-dealkylation sites (N-methyl/N-ethyl adjacent to an activating group) is 1. The number of hydrogen-bond donors (Lipinski definition) is 1. The molecule has 5 heteroatoms. The summed E-state index contributed by atoms with van der Waals surface area (Å²) in [6, 6.07) is 9.44. The van der Waals surface area contributed by atoms with E-state index < -0.39 is 0 Å². The van der Waals surface area contributed by atoms with Crippen molar-refractivity contribution >= 4 is 27.5 Å². The number of nitrogens with one attached hydrogen (secondary N) is 1. The van der Waals surface area contributed by atoms with Crippen LogP contribution in [-0.4, -0.2) is 13.1 Å². The van der Waals surface area contributed by atoms with E-state index in [9.17, 15) is 8.78 Å². The maximum absolute atomic E-state index is 13.5. The average molecular weight is 375 g/mol. The number of rotatable bonds is 5. The summed E-state index contributed by atoms with van der Waals surface area (Å²) in [6.07, 6.45) is 1.28. The Morgan fingerprint density at radius 3 is 2.52 bits per heavy atom. The molecule has 0 fully saturated rings. The van der Waals surface area contributed by atoms with Crippen LogP contribution in [0.5, 0.6) is 0 Å². The summed E-state index contributed by atoms with van der Waals surface area (Å²) < 4.78 is 27.1. The lowest BCUT2D eigenvalue weighted by atomic mass is 9.99. The first-order valence-electron chi connectivity index (χ1n) is 6.55. The van der Waals surface area contributed by atoms with Crippen LogP contribution < -0.4 is 5.32 Å². The van der Waals surface area contributed by atoms with Crippen LogP contribution in [-0.2, 0) is 12.8 Å². The molecule has 0 aromatic heterocycles. The molecule has 1 N–H and O–H groups in total. The van der Waals surface area contributed by atoms with Gasteiger partial charge in [-0.25, -0.2) is 8.78 Å². The molecule has 0 bridgehead atoms. The molecule has 0 radical (unpaired) electrons. The number of hydrogen-bond acceptors (Lipinski definition) is 1. The van der Waals surface area contributed by atoms with Crippen molar-refractivity contribution in [1.82, 2.24) is 5.32 Å². The van der Waals surface area contributed by atoms with Gasteiger partial charge < -0.3 is 5.32 Å². The zero-order chi connectivity index (χ0) is 15.4. The lowest BCUT2D eigenvalue weighted by molar-refractivity contribution is 0.549. The number of benzene rings is 2. The molecule has 0 aliphatic heterocycles. The van der Waals surface area contributed by atoms with Crippen LogP contribution in [0.4, 0.5) is 8.78 Å². The zero-order valence-electron chi connectivity index (χ0n) is 11.5. The quantitative estimate of drug-likeness (QED) is 0.796. The summed E-state index contributed by atoms with van der Waals surface area (Å²) in [4.78, 5) is 0. The molecule has 2 aromatic rings. The largest absolute Gasteiger partial charge is 0.316 e. The molecule has 0 spiro atoms. The van der Waals surface area contributed by atoms with Gasteiger partial charge in [0.2, 0.25) is 0 Å². The molecule has 0 saturated heterocycles. The highest BCUT2D eigenvalue weighted by atomic mass is 79.9. The van der Waals surface area contributed by atoms with Gasteiger partial charge in [-0.05, 0) is 65.1 Å². The van der Waals surface area contributed by atoms with Crippen molar-refractivity contribution in [2.24, 2.45) is 0 Å². The van der Waals surface area contributed by atoms with Gasteiger partial charge in [-0.2, -0.15) is 0 Å². The minimum atomic E-state index is -0.349. The molecule has 1 nitrogen and oxygen atoms in total. The van der Waals surface area contributed by atoms with E-state index in [1.165, 1.54) is 18.2 Å². The molecular weight excluding hydrogens is 360 g/mol. The van der Waals surface area contributed by atoms with E-state index in [-0.39, 0.29) is 17.7 Å². The fraction of sp³-hybridized carbons (Fsp3) is 0.250. The van der Waals surface area contributed by atoms with E-state index in [0.29, 0.717) is 22.3 Å². The summed E-state index contributed by atoms with van der Waals surface area (Å²) in [5, 5.41) is 3.60. The van der Waals surface area contributed by atoms with Gasteiger partial charge in [0, 0.05) is 11.1 Å². The lowest BCUT2D eigenvalue weighted by Gasteiger charge is -2.18. The van der Waals surface area contributed by atoms with Crippen molar-refractivity contribution in [1.29, 1.82) is 0 Å². The molecule has 0 aliphatic carbocycles. The van der Waals surface area contributed by atoms with E-state index in [2.05, 4.69) is 21.2 Å². The molecule has 1 atom stereocenters. The van der Waals surface area contributed by atoms with E-state index in [1.54, 1.807) is 12.1 Å². The fourth-order valence-electron chi connectivity index (χ4n) is 2.20. The first-order chi connectivity index (χ1) is 10.0. The standard InChI is InChI=1S/C16H15BrClF2N/c1-21-13(7-10-5-6-12(19)9-14(10)18)8-11-3-2-4-15(20)16(11)17/h2-6,9,13,21H,7-8H2,1H3. The van der Waals surface area contributed by atoms with Gasteiger partial charge in [-0.1, -0.05) is 29.8 Å². The molecule has 1 unspecified atom stereocenters. The van der Waals surface area contributed by atoms with Crippen molar-refractivity contribution in [3.8, 4) is 0 Å². The Morgan fingerprint density at radius 2 is 1.86 bits per heavy atom. The Morgan fingerprint density at radius 1 is 1.14 bits per heavy atom. The third-order valence-corrected chi connectivity index (χ3v) is 4.63. The highest BCUT2D eigenvalue weighted by Gasteiger charge is 2.14. The topological polar surface area (TPSA) is 12.0 Å². The Hall–Kier alpha value is -0.970. The summed E-state index contributed by atoms with van der Waals surface area (Å²) in [5.74, 6) is -0.625. The second kappa shape index (κ2) is 7.34. The SMILES string of the molecule is CNC(Cc1ccc(F)cc1Cl)Cc1cccc(F)c1Br. The van der Waals surface area contributed by atoms with Crippen LogP contribution in [0.3, 0.4) is 0 Å². The Balaban J connectivity index is 2.15. The van der Waals surface area contributed by atoms with Crippen LogP contribution in [0.1, 0.15) is 11.1 Å². The normalized spacial score (nSPS) is 12.4. The van der Waals surface area contributed by atoms with Crippen LogP contribution in [0.2, 0.25) is 5.02 Å². The third-order valence-electron chi connectivity index (χ3n) is 3.39. The van der Waals surface area contributed by atoms with Crippen LogP contribution in [0.25, 0.3) is 0 Å². The van der Waals surface area contributed by atoms with Crippen LogP contribution in [0.15, 0.2) is 40.9 Å². The Labute approximate surface area is 136 Å². The van der Waals surface area contributed by atoms with Crippen molar-refractivity contribution < 1.29 is 8.78 Å². The molecule has 2 rings (SSSR count). The number of halogens is 4. The minimum Gasteiger partial charge on any atom is -0.316 e. The van der Waals surface area contributed by atoms with Crippen LogP contribution in [0, 0.1) is 11.6 Å². The van der Waals surface area contributed by atoms with Crippen molar-refractivity contribution in [3.63, 3.8) is 0 Å². The zero-order valence-corrected chi connectivity index (χ0v) is 13.8. The molecule has 0 saturated carbocycles. The average Bonchev–Trinajstić information content (AvgIpc) is 2.45. The molecule has 21 heavy (non-hydrogen) atoms. The maximum Gasteiger partial charge on any atom is 0.137 e. The Bertz CT molecular complexity index is 634. The van der Waals surface area contributed by atoms with Gasteiger partial charge in [0.15, 0.2) is 0 Å². The second-order valence-corrected chi connectivity index (χ2v) is 6.04. The van der Waals surface area contributed by atoms with Crippen LogP contribution >= 0.6 is 27.5 Å². The van der Waals surface area contributed by atoms with Gasteiger partial charge in [-0.3, -0.25) is 0 Å². The second-order valence-electron chi connectivity index (χ2n) is 4.84. The highest BCUT2D eigenvalue weighted by molar-refractivity contribution is 9.10. The van der Waals surface area contributed by atoms with Gasteiger partial charge >= 0.3 is 0 Å². The van der Waals surface area contributed by atoms with Gasteiger partial charge in [-0.15, -0.1) is 0 Å². The molecule has 2 aromatic carbocycles. The first kappa shape index (κ1) is 16.4. The predicted molar refractivity (Wildman–Crippen MR) is 85.8 cm³/mol. The minimum absolute atomic E-state index is 0.0751. The summed E-state index contributed by atoms with van der Waals surface area (Å²) in [7, 11) is 1.84.